The van der Waals surface area contributed by atoms with Gasteiger partial charge in [-0.15, -0.1) is 0 Å². The number of hydrogen-bond donors (Lipinski definition) is 3. The quantitative estimate of drug-likeness (QED) is 0.528. The van der Waals surface area contributed by atoms with Crippen LogP contribution in [0, 0.1) is 6.92 Å². The van der Waals surface area contributed by atoms with Gasteiger partial charge in [0.1, 0.15) is 23.2 Å². The zero-order chi connectivity index (χ0) is 20.2. The summed E-state index contributed by atoms with van der Waals surface area (Å²) in [4.78, 5) is 19.0. The average Bonchev–Trinajstić information content (AvgIpc) is 3.08. The van der Waals surface area contributed by atoms with Gasteiger partial charge in [-0.3, -0.25) is 0 Å². The number of H-pyrrole nitrogens is 1. The molecule has 1 aliphatic heterocycles. The fourth-order valence-corrected chi connectivity index (χ4v) is 3.79. The van der Waals surface area contributed by atoms with E-state index in [1.807, 2.05) is 6.20 Å². The number of anilines is 2. The Bertz CT molecular complexity index is 979. The lowest BCUT2D eigenvalue weighted by molar-refractivity contribution is 0.297. The third-order valence-electron chi connectivity index (χ3n) is 5.32. The Morgan fingerprint density at radius 3 is 2.79 bits per heavy atom. The van der Waals surface area contributed by atoms with Crippen LogP contribution in [0.3, 0.4) is 0 Å². The Labute approximate surface area is 170 Å². The van der Waals surface area contributed by atoms with E-state index < -0.39 is 0 Å². The first-order chi connectivity index (χ1) is 14.2. The van der Waals surface area contributed by atoms with E-state index in [1.165, 1.54) is 11.9 Å². The van der Waals surface area contributed by atoms with Gasteiger partial charge in [0.15, 0.2) is 11.7 Å². The third kappa shape index (κ3) is 4.12. The third-order valence-corrected chi connectivity index (χ3v) is 5.32. The summed E-state index contributed by atoms with van der Waals surface area (Å²) < 4.78 is 6.02. The van der Waals surface area contributed by atoms with Gasteiger partial charge in [-0.25, -0.2) is 15.0 Å². The van der Waals surface area contributed by atoms with Gasteiger partial charge >= 0.3 is 0 Å². The largest absolute Gasteiger partial charge is 0.479 e. The molecule has 0 saturated carbocycles. The van der Waals surface area contributed by atoms with Crippen LogP contribution in [0.4, 0.5) is 11.6 Å². The molecule has 8 heteroatoms. The van der Waals surface area contributed by atoms with Crippen LogP contribution in [0.2, 0.25) is 0 Å². The molecule has 154 valence electrons. The number of nitrogen functional groups attached to an aromatic ring is 1. The van der Waals surface area contributed by atoms with Crippen molar-refractivity contribution in [3.05, 3.63) is 35.3 Å². The molecular weight excluding hydrogens is 366 g/mol. The van der Waals surface area contributed by atoms with Crippen molar-refractivity contribution in [2.45, 2.75) is 33.1 Å². The average molecular weight is 396 g/mol. The molecule has 3 aromatic rings. The van der Waals surface area contributed by atoms with Gasteiger partial charge in [-0.05, 0) is 24.5 Å². The molecule has 4 heterocycles. The number of hydrogen-bond acceptors (Lipinski definition) is 7. The lowest BCUT2D eigenvalue weighted by Gasteiger charge is -2.29. The number of ether oxygens (including phenoxy) is 1. The highest BCUT2D eigenvalue weighted by Gasteiger charge is 2.19. The van der Waals surface area contributed by atoms with Crippen LogP contribution >= 0.6 is 0 Å². The van der Waals surface area contributed by atoms with E-state index in [2.05, 4.69) is 45.1 Å². The molecule has 8 nitrogen and oxygen atoms in total. The minimum Gasteiger partial charge on any atom is -0.479 e. The topological polar surface area (TPSA) is 105 Å². The maximum Gasteiger partial charge on any atom is 0.197 e. The number of nitrogens with two attached hydrogens (primary N) is 1. The molecule has 0 amide bonds. The number of unbranched alkanes of at least 4 members (excludes halogenated alkanes) is 1. The van der Waals surface area contributed by atoms with Crippen molar-refractivity contribution in [1.29, 1.82) is 0 Å². The van der Waals surface area contributed by atoms with E-state index in [0.29, 0.717) is 18.8 Å². The molecule has 0 spiro atoms. The first-order valence-electron chi connectivity index (χ1n) is 10.3. The molecule has 0 radical (unpaired) electrons. The Balaban J connectivity index is 1.63. The fraction of sp³-hybridized carbons (Fsp3) is 0.476. The number of nitrogens with one attached hydrogen (secondary N) is 2. The van der Waals surface area contributed by atoms with Crippen molar-refractivity contribution in [3.63, 3.8) is 0 Å². The molecule has 0 atom stereocenters. The van der Waals surface area contributed by atoms with Crippen LogP contribution < -0.4 is 20.7 Å². The summed E-state index contributed by atoms with van der Waals surface area (Å²) in [5, 5.41) is 3.38. The van der Waals surface area contributed by atoms with Crippen molar-refractivity contribution in [2.75, 3.05) is 43.4 Å². The minimum absolute atomic E-state index is 0.435. The number of rotatable bonds is 7. The number of fused-ring (bicyclic) bond motifs is 1. The summed E-state index contributed by atoms with van der Waals surface area (Å²) in [5.41, 5.74) is 10.9. The summed E-state index contributed by atoms with van der Waals surface area (Å²) in [5.74, 6) is 2.23. The van der Waals surface area contributed by atoms with Gasteiger partial charge in [0.2, 0.25) is 0 Å². The normalized spacial score (nSPS) is 14.5. The van der Waals surface area contributed by atoms with Crippen molar-refractivity contribution in [2.24, 2.45) is 0 Å². The number of pyridine rings is 1. The molecule has 4 N–H and O–H groups in total. The highest BCUT2D eigenvalue weighted by Crippen LogP contribution is 2.31. The van der Waals surface area contributed by atoms with E-state index in [0.717, 1.165) is 72.9 Å². The zero-order valence-electron chi connectivity index (χ0n) is 17.2. The second-order valence-corrected chi connectivity index (χ2v) is 7.52. The van der Waals surface area contributed by atoms with E-state index in [9.17, 15) is 0 Å². The van der Waals surface area contributed by atoms with Gasteiger partial charge in [0.05, 0.1) is 6.61 Å². The molecule has 1 saturated heterocycles. The number of aromatic amines is 1. The summed E-state index contributed by atoms with van der Waals surface area (Å²) in [6.45, 7) is 8.90. The maximum absolute atomic E-state index is 6.05. The number of aromatic nitrogens is 4. The van der Waals surface area contributed by atoms with Gasteiger partial charge < -0.3 is 25.7 Å². The van der Waals surface area contributed by atoms with Crippen molar-refractivity contribution >= 4 is 22.7 Å². The van der Waals surface area contributed by atoms with Crippen LogP contribution in [0.5, 0.6) is 5.88 Å². The molecule has 1 aliphatic rings. The molecule has 0 unspecified atom stereocenters. The smallest absolute Gasteiger partial charge is 0.197 e. The van der Waals surface area contributed by atoms with Crippen LogP contribution in [-0.2, 0) is 6.42 Å². The molecule has 0 bridgehead atoms. The summed E-state index contributed by atoms with van der Waals surface area (Å²) in [6, 6.07) is 2.21. The Morgan fingerprint density at radius 1 is 1.21 bits per heavy atom. The summed E-state index contributed by atoms with van der Waals surface area (Å²) in [7, 11) is 0. The molecule has 29 heavy (non-hydrogen) atoms. The molecule has 1 fully saturated rings. The Kier molecular flexibility index (Phi) is 5.80. The van der Waals surface area contributed by atoms with Gasteiger partial charge in [0.25, 0.3) is 0 Å². The monoisotopic (exact) mass is 395 g/mol. The lowest BCUT2D eigenvalue weighted by Crippen LogP contribution is -2.44. The SMILES string of the molecule is CCCCOc1[nH]c2c(N)ncnc2c1Cc1cnc(N2CCNCC2)c(C)c1. The van der Waals surface area contributed by atoms with Crippen molar-refractivity contribution < 1.29 is 4.74 Å². The fourth-order valence-electron chi connectivity index (χ4n) is 3.79. The molecule has 0 aliphatic carbocycles. The summed E-state index contributed by atoms with van der Waals surface area (Å²) >= 11 is 0. The molecule has 4 rings (SSSR count). The first kappa shape index (κ1) is 19.4. The number of nitrogens with zero attached hydrogens (tertiary/aromatic N) is 4. The van der Waals surface area contributed by atoms with E-state index in [1.54, 1.807) is 0 Å². The number of aryl methyl sites for hydroxylation is 1. The zero-order valence-corrected chi connectivity index (χ0v) is 17.2. The van der Waals surface area contributed by atoms with Crippen LogP contribution in [0.1, 0.15) is 36.5 Å². The van der Waals surface area contributed by atoms with Crippen LogP contribution in [0.25, 0.3) is 11.0 Å². The maximum atomic E-state index is 6.05. The van der Waals surface area contributed by atoms with E-state index >= 15 is 0 Å². The van der Waals surface area contributed by atoms with Crippen LogP contribution in [-0.4, -0.2) is 52.7 Å². The van der Waals surface area contributed by atoms with Gasteiger partial charge in [-0.1, -0.05) is 19.4 Å². The second kappa shape index (κ2) is 8.65. The number of piperazine rings is 1. The predicted molar refractivity (Wildman–Crippen MR) is 116 cm³/mol. The predicted octanol–water partition coefficient (Wildman–Crippen LogP) is 2.42. The molecule has 0 aromatic carbocycles. The van der Waals surface area contributed by atoms with E-state index in [4.69, 9.17) is 15.5 Å². The van der Waals surface area contributed by atoms with Gasteiger partial charge in [0, 0.05) is 44.4 Å². The highest BCUT2D eigenvalue weighted by atomic mass is 16.5. The van der Waals surface area contributed by atoms with E-state index in [-0.39, 0.29) is 0 Å². The standard InChI is InChI=1S/C21H29N7O/c1-3-4-9-29-21-16(17-18(27-21)19(22)26-13-25-17)11-15-10-14(2)20(24-12-15)28-7-5-23-6-8-28/h10,12-13,23,27H,3-9,11H2,1-2H3,(H2,22,25,26). The Morgan fingerprint density at radius 2 is 2.03 bits per heavy atom. The lowest BCUT2D eigenvalue weighted by atomic mass is 10.1. The summed E-state index contributed by atoms with van der Waals surface area (Å²) in [6.07, 6.45) is 6.21. The molecular formula is C21H29N7O. The minimum atomic E-state index is 0.435. The first-order valence-corrected chi connectivity index (χ1v) is 10.3. The second-order valence-electron chi connectivity index (χ2n) is 7.52. The van der Waals surface area contributed by atoms with Crippen LogP contribution in [0.15, 0.2) is 18.6 Å². The Hall–Kier alpha value is -2.87. The van der Waals surface area contributed by atoms with Crippen molar-refractivity contribution in [3.8, 4) is 5.88 Å². The van der Waals surface area contributed by atoms with Crippen molar-refractivity contribution in [1.82, 2.24) is 25.3 Å². The molecule has 3 aromatic heterocycles. The highest BCUT2D eigenvalue weighted by molar-refractivity contribution is 5.89. The van der Waals surface area contributed by atoms with Gasteiger partial charge in [-0.2, -0.15) is 0 Å².